The third-order valence-corrected chi connectivity index (χ3v) is 4.49. The van der Waals surface area contributed by atoms with E-state index in [1.54, 1.807) is 17.4 Å². The molecular weight excluding hydrogens is 314 g/mol. The number of hydrogen-bond donors (Lipinski definition) is 1. The smallest absolute Gasteiger partial charge is 0.230 e. The molecule has 1 N–H and O–H groups in total. The fourth-order valence-corrected chi connectivity index (χ4v) is 3.25. The minimum absolute atomic E-state index is 0.0651. The Bertz CT molecular complexity index is 697. The van der Waals surface area contributed by atoms with Crippen molar-refractivity contribution in [2.24, 2.45) is 0 Å². The summed E-state index contributed by atoms with van der Waals surface area (Å²) in [5.74, 6) is 0.178. The van der Waals surface area contributed by atoms with Gasteiger partial charge in [0, 0.05) is 5.54 Å². The van der Waals surface area contributed by atoms with Crippen LogP contribution in [-0.4, -0.2) is 22.2 Å². The number of aromatic nitrogens is 1. The molecule has 0 unspecified atom stereocenters. The highest BCUT2D eigenvalue weighted by Crippen LogP contribution is 2.27. The molecule has 0 bridgehead atoms. The largest absolute Gasteiger partial charge is 0.351 e. The van der Waals surface area contributed by atoms with E-state index in [2.05, 4.69) is 16.4 Å². The van der Waals surface area contributed by atoms with Gasteiger partial charge in [-0.15, -0.1) is 11.3 Å². The lowest BCUT2D eigenvalue weighted by molar-refractivity contribution is -0.119. The van der Waals surface area contributed by atoms with Crippen LogP contribution in [0.2, 0.25) is 0 Å². The van der Waals surface area contributed by atoms with Gasteiger partial charge in [-0.3, -0.25) is 4.79 Å². The number of thioether (sulfide) groups is 1. The molecule has 1 amide bonds. The Balaban J connectivity index is 2.14. The zero-order valence-electron chi connectivity index (χ0n) is 12.7. The first-order valence-corrected chi connectivity index (χ1v) is 8.64. The molecule has 0 radical (unpaired) electrons. The number of rotatable bonds is 4. The van der Waals surface area contributed by atoms with Gasteiger partial charge in [0.2, 0.25) is 5.91 Å². The number of thiophene rings is 1. The molecule has 0 fully saturated rings. The van der Waals surface area contributed by atoms with Crippen LogP contribution in [0.15, 0.2) is 34.7 Å². The monoisotopic (exact) mass is 331 g/mol. The van der Waals surface area contributed by atoms with Gasteiger partial charge in [0.25, 0.3) is 0 Å². The number of nitriles is 1. The number of pyridine rings is 1. The fourth-order valence-electron chi connectivity index (χ4n) is 1.79. The predicted molar refractivity (Wildman–Crippen MR) is 90.9 cm³/mol. The van der Waals surface area contributed by atoms with Crippen LogP contribution < -0.4 is 5.32 Å². The first-order valence-electron chi connectivity index (χ1n) is 6.78. The van der Waals surface area contributed by atoms with Crippen LogP contribution in [0.5, 0.6) is 0 Å². The minimum Gasteiger partial charge on any atom is -0.351 e. The summed E-state index contributed by atoms with van der Waals surface area (Å²) < 4.78 is 0. The average Bonchev–Trinajstić information content (AvgIpc) is 2.97. The van der Waals surface area contributed by atoms with Crippen molar-refractivity contribution in [3.63, 3.8) is 0 Å². The number of hydrogen-bond acceptors (Lipinski definition) is 5. The van der Waals surface area contributed by atoms with Crippen molar-refractivity contribution >= 4 is 29.0 Å². The summed E-state index contributed by atoms with van der Waals surface area (Å²) in [5.41, 5.74) is 1.06. The molecule has 2 aromatic heterocycles. The van der Waals surface area contributed by atoms with Crippen LogP contribution in [0.3, 0.4) is 0 Å². The molecule has 2 rings (SSSR count). The molecule has 0 aliphatic carbocycles. The van der Waals surface area contributed by atoms with E-state index in [-0.39, 0.29) is 17.2 Å². The topological polar surface area (TPSA) is 65.8 Å². The van der Waals surface area contributed by atoms with Crippen molar-refractivity contribution < 1.29 is 4.79 Å². The van der Waals surface area contributed by atoms with Gasteiger partial charge in [0.05, 0.1) is 21.9 Å². The van der Waals surface area contributed by atoms with Gasteiger partial charge in [-0.25, -0.2) is 4.98 Å². The summed E-state index contributed by atoms with van der Waals surface area (Å²) in [5, 5.41) is 14.7. The lowest BCUT2D eigenvalue weighted by atomic mass is 10.1. The zero-order chi connectivity index (χ0) is 16.2. The number of carbonyl (C=O) groups is 1. The molecular formula is C16H17N3OS2. The lowest BCUT2D eigenvalue weighted by Crippen LogP contribution is -2.41. The van der Waals surface area contributed by atoms with E-state index in [1.807, 2.05) is 44.4 Å². The predicted octanol–water partition coefficient (Wildman–Crippen LogP) is 3.69. The van der Waals surface area contributed by atoms with Gasteiger partial charge >= 0.3 is 0 Å². The Morgan fingerprint density at radius 3 is 2.77 bits per heavy atom. The Labute approximate surface area is 138 Å². The third-order valence-electron chi connectivity index (χ3n) is 2.61. The van der Waals surface area contributed by atoms with Gasteiger partial charge in [0.15, 0.2) is 0 Å². The maximum atomic E-state index is 11.9. The Kier molecular flexibility index (Phi) is 5.22. The maximum Gasteiger partial charge on any atom is 0.230 e. The lowest BCUT2D eigenvalue weighted by Gasteiger charge is -2.20. The third kappa shape index (κ3) is 4.58. The minimum atomic E-state index is -0.262. The maximum absolute atomic E-state index is 11.9. The van der Waals surface area contributed by atoms with Crippen LogP contribution in [0, 0.1) is 11.3 Å². The van der Waals surface area contributed by atoms with Crippen LogP contribution in [0.1, 0.15) is 26.3 Å². The molecule has 0 aromatic carbocycles. The highest BCUT2D eigenvalue weighted by atomic mass is 32.2. The Morgan fingerprint density at radius 2 is 2.18 bits per heavy atom. The molecule has 0 aliphatic rings. The second-order valence-electron chi connectivity index (χ2n) is 5.73. The van der Waals surface area contributed by atoms with Crippen LogP contribution in [0.25, 0.3) is 10.6 Å². The molecule has 114 valence electrons. The summed E-state index contributed by atoms with van der Waals surface area (Å²) in [4.78, 5) is 17.5. The summed E-state index contributed by atoms with van der Waals surface area (Å²) in [6.07, 6.45) is 0. The number of amides is 1. The molecule has 0 saturated carbocycles. The van der Waals surface area contributed by atoms with Crippen LogP contribution >= 0.6 is 23.1 Å². The van der Waals surface area contributed by atoms with E-state index in [9.17, 15) is 10.1 Å². The molecule has 0 atom stereocenters. The summed E-state index contributed by atoms with van der Waals surface area (Å²) in [6.45, 7) is 5.81. The van der Waals surface area contributed by atoms with Gasteiger partial charge in [-0.2, -0.15) is 5.26 Å². The first kappa shape index (κ1) is 16.5. The van der Waals surface area contributed by atoms with Crippen LogP contribution in [-0.2, 0) is 4.79 Å². The number of nitrogens with one attached hydrogen (secondary N) is 1. The Hall–Kier alpha value is -1.84. The van der Waals surface area contributed by atoms with Crippen molar-refractivity contribution in [1.29, 1.82) is 5.26 Å². The van der Waals surface area contributed by atoms with Gasteiger partial charge in [-0.1, -0.05) is 17.8 Å². The SMILES string of the molecule is CC(C)(C)NC(=O)CSc1nc(-c2cccs2)ccc1C#N. The first-order chi connectivity index (χ1) is 10.4. The highest BCUT2D eigenvalue weighted by molar-refractivity contribution is 8.00. The van der Waals surface area contributed by atoms with E-state index in [4.69, 9.17) is 0 Å². The van der Waals surface area contributed by atoms with Gasteiger partial charge in [0.1, 0.15) is 11.1 Å². The van der Waals surface area contributed by atoms with Crippen molar-refractivity contribution in [3.05, 3.63) is 35.2 Å². The summed E-state index contributed by atoms with van der Waals surface area (Å²) >= 11 is 2.89. The molecule has 0 aliphatic heterocycles. The standard InChI is InChI=1S/C16H17N3OS2/c1-16(2,3)19-14(20)10-22-15-11(9-17)6-7-12(18-15)13-5-4-8-21-13/h4-8H,10H2,1-3H3,(H,19,20). The Morgan fingerprint density at radius 1 is 1.41 bits per heavy atom. The molecule has 2 aromatic rings. The van der Waals surface area contributed by atoms with Gasteiger partial charge < -0.3 is 5.32 Å². The van der Waals surface area contributed by atoms with Gasteiger partial charge in [-0.05, 0) is 44.4 Å². The molecule has 0 spiro atoms. The normalized spacial score (nSPS) is 11.0. The van der Waals surface area contributed by atoms with E-state index in [0.29, 0.717) is 10.6 Å². The molecule has 4 nitrogen and oxygen atoms in total. The van der Waals surface area contributed by atoms with Crippen molar-refractivity contribution in [2.45, 2.75) is 31.3 Å². The van der Waals surface area contributed by atoms with E-state index >= 15 is 0 Å². The van der Waals surface area contributed by atoms with E-state index in [1.165, 1.54) is 11.8 Å². The molecule has 2 heterocycles. The number of carbonyl (C=O) groups excluding carboxylic acids is 1. The zero-order valence-corrected chi connectivity index (χ0v) is 14.3. The second kappa shape index (κ2) is 6.95. The average molecular weight is 331 g/mol. The van der Waals surface area contributed by atoms with Crippen molar-refractivity contribution in [1.82, 2.24) is 10.3 Å². The molecule has 0 saturated heterocycles. The quantitative estimate of drug-likeness (QED) is 0.868. The molecule has 22 heavy (non-hydrogen) atoms. The summed E-state index contributed by atoms with van der Waals surface area (Å²) in [7, 11) is 0. The second-order valence-corrected chi connectivity index (χ2v) is 7.64. The number of nitrogens with zero attached hydrogens (tertiary/aromatic N) is 2. The highest BCUT2D eigenvalue weighted by Gasteiger charge is 2.15. The van der Waals surface area contributed by atoms with Crippen LogP contribution in [0.4, 0.5) is 0 Å². The van der Waals surface area contributed by atoms with E-state index < -0.39 is 0 Å². The summed E-state index contributed by atoms with van der Waals surface area (Å²) in [6, 6.07) is 9.67. The molecule has 6 heteroatoms. The van der Waals surface area contributed by atoms with Crippen molar-refractivity contribution in [3.8, 4) is 16.6 Å². The van der Waals surface area contributed by atoms with E-state index in [0.717, 1.165) is 10.6 Å². The van der Waals surface area contributed by atoms with Crippen molar-refractivity contribution in [2.75, 3.05) is 5.75 Å². The fraction of sp³-hybridized carbons (Fsp3) is 0.312.